The Bertz CT molecular complexity index is 323. The number of aliphatic hydroxyl groups excluding tert-OH is 1. The second-order valence-electron chi connectivity index (χ2n) is 6.25. The van der Waals surface area contributed by atoms with Crippen LogP contribution in [0.5, 0.6) is 0 Å². The highest BCUT2D eigenvalue weighted by atomic mass is 16.3. The summed E-state index contributed by atoms with van der Waals surface area (Å²) in [6.45, 7) is 7.31. The Balaban J connectivity index is 2.19. The average molecular weight is 270 g/mol. The lowest BCUT2D eigenvalue weighted by atomic mass is 9.96. The number of carbonyl (C=O) groups excluding carboxylic acids is 2. The molecule has 0 bridgehead atoms. The van der Waals surface area contributed by atoms with Crippen molar-refractivity contribution in [3.63, 3.8) is 0 Å². The number of carbonyl (C=O) groups is 2. The maximum Gasteiger partial charge on any atom is 0.225 e. The highest BCUT2D eigenvalue weighted by Crippen LogP contribution is 2.13. The third-order valence-electron chi connectivity index (χ3n) is 3.28. The van der Waals surface area contributed by atoms with Gasteiger partial charge in [0, 0.05) is 31.5 Å². The van der Waals surface area contributed by atoms with Gasteiger partial charge in [-0.25, -0.2) is 0 Å². The minimum Gasteiger partial charge on any atom is -0.391 e. The topological polar surface area (TPSA) is 69.6 Å². The van der Waals surface area contributed by atoms with Crippen LogP contribution in [0.25, 0.3) is 0 Å². The first-order valence-corrected chi connectivity index (χ1v) is 7.05. The smallest absolute Gasteiger partial charge is 0.225 e. The van der Waals surface area contributed by atoms with Crippen LogP contribution in [0, 0.1) is 5.41 Å². The Labute approximate surface area is 115 Å². The largest absolute Gasteiger partial charge is 0.391 e. The molecule has 1 fully saturated rings. The number of nitrogens with one attached hydrogen (secondary N) is 1. The second kappa shape index (κ2) is 6.89. The van der Waals surface area contributed by atoms with Gasteiger partial charge in [-0.2, -0.15) is 0 Å². The molecule has 0 spiro atoms. The van der Waals surface area contributed by atoms with Gasteiger partial charge < -0.3 is 15.3 Å². The van der Waals surface area contributed by atoms with Crippen molar-refractivity contribution in [1.29, 1.82) is 0 Å². The quantitative estimate of drug-likeness (QED) is 0.746. The van der Waals surface area contributed by atoms with Crippen LogP contribution < -0.4 is 5.32 Å². The van der Waals surface area contributed by atoms with E-state index in [1.54, 1.807) is 4.90 Å². The molecule has 1 rings (SSSR count). The molecule has 2 amide bonds. The van der Waals surface area contributed by atoms with Gasteiger partial charge in [-0.15, -0.1) is 0 Å². The zero-order valence-electron chi connectivity index (χ0n) is 12.2. The molecule has 0 unspecified atom stereocenters. The Morgan fingerprint density at radius 1 is 1.37 bits per heavy atom. The highest BCUT2D eigenvalue weighted by molar-refractivity contribution is 5.81. The molecule has 1 saturated heterocycles. The third-order valence-corrected chi connectivity index (χ3v) is 3.28. The van der Waals surface area contributed by atoms with Gasteiger partial charge in [-0.3, -0.25) is 9.59 Å². The summed E-state index contributed by atoms with van der Waals surface area (Å²) in [4.78, 5) is 25.2. The molecule has 1 atom stereocenters. The number of rotatable bonds is 4. The van der Waals surface area contributed by atoms with Crippen molar-refractivity contribution in [2.45, 2.75) is 52.6 Å². The fourth-order valence-corrected chi connectivity index (χ4v) is 2.05. The molecule has 1 heterocycles. The van der Waals surface area contributed by atoms with Crippen molar-refractivity contribution in [3.8, 4) is 0 Å². The van der Waals surface area contributed by atoms with Gasteiger partial charge in [0.15, 0.2) is 0 Å². The number of hydrogen-bond donors (Lipinski definition) is 2. The van der Waals surface area contributed by atoms with Gasteiger partial charge in [0.2, 0.25) is 11.8 Å². The Morgan fingerprint density at radius 3 is 2.63 bits per heavy atom. The molecular formula is C14H26N2O3. The van der Waals surface area contributed by atoms with E-state index in [0.717, 1.165) is 19.4 Å². The summed E-state index contributed by atoms with van der Waals surface area (Å²) in [6, 6.07) is 0. The maximum absolute atomic E-state index is 11.9. The molecule has 2 N–H and O–H groups in total. The van der Waals surface area contributed by atoms with Crippen LogP contribution in [0.15, 0.2) is 0 Å². The minimum absolute atomic E-state index is 0.00773. The number of β-amino-alcohol motifs (C(OH)–C–C–N with tert-alkyl or cyclic N) is 1. The van der Waals surface area contributed by atoms with E-state index in [9.17, 15) is 14.7 Å². The first-order valence-electron chi connectivity index (χ1n) is 7.05. The van der Waals surface area contributed by atoms with Crippen molar-refractivity contribution < 1.29 is 14.7 Å². The fourth-order valence-electron chi connectivity index (χ4n) is 2.05. The molecule has 0 aromatic rings. The Hall–Kier alpha value is -1.10. The second-order valence-corrected chi connectivity index (χ2v) is 6.25. The molecular weight excluding hydrogens is 244 g/mol. The van der Waals surface area contributed by atoms with Crippen molar-refractivity contribution in [3.05, 3.63) is 0 Å². The monoisotopic (exact) mass is 270 g/mol. The van der Waals surface area contributed by atoms with E-state index >= 15 is 0 Å². The van der Waals surface area contributed by atoms with Gasteiger partial charge >= 0.3 is 0 Å². The predicted molar refractivity (Wildman–Crippen MR) is 73.5 cm³/mol. The summed E-state index contributed by atoms with van der Waals surface area (Å²) in [6.07, 6.45) is 2.35. The van der Waals surface area contributed by atoms with Crippen molar-refractivity contribution in [2.24, 2.45) is 5.41 Å². The van der Waals surface area contributed by atoms with Gasteiger partial charge in [0.05, 0.1) is 6.10 Å². The number of aliphatic hydroxyl groups is 1. The van der Waals surface area contributed by atoms with Crippen molar-refractivity contribution >= 4 is 11.8 Å². The number of hydrogen-bond acceptors (Lipinski definition) is 3. The number of likely N-dealkylation sites (tertiary alicyclic amines) is 1. The average Bonchev–Trinajstić information content (AvgIpc) is 2.32. The zero-order valence-corrected chi connectivity index (χ0v) is 12.2. The lowest BCUT2D eigenvalue weighted by Gasteiger charge is -2.30. The molecule has 0 saturated carbocycles. The van der Waals surface area contributed by atoms with Crippen molar-refractivity contribution in [2.75, 3.05) is 19.6 Å². The lowest BCUT2D eigenvalue weighted by molar-refractivity contribution is -0.134. The molecule has 5 nitrogen and oxygen atoms in total. The molecule has 0 aliphatic carbocycles. The fraction of sp³-hybridized carbons (Fsp3) is 0.857. The van der Waals surface area contributed by atoms with Crippen LogP contribution in [-0.4, -0.2) is 47.6 Å². The number of nitrogens with zero attached hydrogens (tertiary/aromatic N) is 1. The van der Waals surface area contributed by atoms with Crippen LogP contribution >= 0.6 is 0 Å². The first-order chi connectivity index (χ1) is 8.80. The van der Waals surface area contributed by atoms with Crippen molar-refractivity contribution in [1.82, 2.24) is 10.2 Å². The summed E-state index contributed by atoms with van der Waals surface area (Å²) in [5.41, 5.74) is -0.388. The predicted octanol–water partition coefficient (Wildman–Crippen LogP) is 0.912. The molecule has 0 aromatic carbocycles. The van der Waals surface area contributed by atoms with Gasteiger partial charge in [-0.05, 0) is 19.3 Å². The van der Waals surface area contributed by atoms with Crippen LogP contribution in [0.1, 0.15) is 46.5 Å². The molecule has 5 heteroatoms. The molecule has 0 radical (unpaired) electrons. The van der Waals surface area contributed by atoms with E-state index in [1.165, 1.54) is 0 Å². The Morgan fingerprint density at radius 2 is 2.05 bits per heavy atom. The van der Waals surface area contributed by atoms with Gasteiger partial charge in [0.25, 0.3) is 0 Å². The number of piperidine rings is 1. The maximum atomic E-state index is 11.9. The molecule has 1 aliphatic heterocycles. The highest BCUT2D eigenvalue weighted by Gasteiger charge is 2.22. The van der Waals surface area contributed by atoms with E-state index in [4.69, 9.17) is 0 Å². The van der Waals surface area contributed by atoms with Gasteiger partial charge in [-0.1, -0.05) is 20.8 Å². The Kier molecular flexibility index (Phi) is 5.79. The van der Waals surface area contributed by atoms with Crippen LogP contribution in [0.2, 0.25) is 0 Å². The van der Waals surface area contributed by atoms with E-state index in [1.807, 2.05) is 20.8 Å². The summed E-state index contributed by atoms with van der Waals surface area (Å²) >= 11 is 0. The zero-order chi connectivity index (χ0) is 14.5. The van der Waals surface area contributed by atoms with Crippen LogP contribution in [-0.2, 0) is 9.59 Å². The molecule has 19 heavy (non-hydrogen) atoms. The standard InChI is InChI=1S/C14H26N2O3/c1-14(2,3)13(19)15-8-4-7-12(18)16-9-5-6-11(17)10-16/h11,17H,4-10H2,1-3H3,(H,15,19)/t11-/m0/s1. The van der Waals surface area contributed by atoms with E-state index < -0.39 is 0 Å². The lowest BCUT2D eigenvalue weighted by Crippen LogP contribution is -2.42. The number of amides is 2. The normalized spacial score (nSPS) is 20.2. The minimum atomic E-state index is -0.388. The summed E-state index contributed by atoms with van der Waals surface area (Å²) in [7, 11) is 0. The summed E-state index contributed by atoms with van der Waals surface area (Å²) in [5.74, 6) is 0.0806. The van der Waals surface area contributed by atoms with Crippen LogP contribution in [0.4, 0.5) is 0 Å². The molecule has 110 valence electrons. The van der Waals surface area contributed by atoms with Crippen LogP contribution in [0.3, 0.4) is 0 Å². The third kappa shape index (κ3) is 5.59. The van der Waals surface area contributed by atoms with E-state index in [-0.39, 0.29) is 23.3 Å². The molecule has 1 aliphatic rings. The van der Waals surface area contributed by atoms with E-state index in [0.29, 0.717) is 25.9 Å². The van der Waals surface area contributed by atoms with E-state index in [2.05, 4.69) is 5.32 Å². The molecule has 0 aromatic heterocycles. The van der Waals surface area contributed by atoms with Gasteiger partial charge in [0.1, 0.15) is 0 Å². The SMILES string of the molecule is CC(C)(C)C(=O)NCCCC(=O)N1CCC[C@H](O)C1. The summed E-state index contributed by atoms with van der Waals surface area (Å²) < 4.78 is 0. The first kappa shape index (κ1) is 16.0. The summed E-state index contributed by atoms with van der Waals surface area (Å²) in [5, 5.41) is 12.3.